The second kappa shape index (κ2) is 14.4. The Morgan fingerprint density at radius 2 is 1.87 bits per heavy atom. The lowest BCUT2D eigenvalue weighted by Crippen LogP contribution is -2.52. The standard InChI is InChI=1S/C36H49N5O6/c1-6-7-16-40(28-10-8-9-25(20-28)24-41(3,4)5)33(43)23-39-22-29(26-11-12-31-27(21-26)15-19-47-31)34(35(44)45)30(39)13-17-38-18-14-32(42)37(2)36(38)46/h8-12,20-21,29-30,34H,6-7,13-19,22-24H2,1-5H3/p+1/t29-,30+,34-/m1/s1. The third kappa shape index (κ3) is 7.96. The summed E-state index contributed by atoms with van der Waals surface area (Å²) in [6.45, 7) is 5.17. The molecule has 2 saturated heterocycles. The highest BCUT2D eigenvalue weighted by molar-refractivity contribution is 5.96. The summed E-state index contributed by atoms with van der Waals surface area (Å²) >= 11 is 0. The van der Waals surface area contributed by atoms with Gasteiger partial charge in [0.1, 0.15) is 12.3 Å². The number of unbranched alkanes of at least 4 members (excludes halogenated alkanes) is 1. The number of fused-ring (bicyclic) bond motifs is 1. The Morgan fingerprint density at radius 1 is 1.09 bits per heavy atom. The van der Waals surface area contributed by atoms with Gasteiger partial charge in [-0.1, -0.05) is 37.6 Å². The molecule has 0 saturated carbocycles. The van der Waals surface area contributed by atoms with E-state index in [1.165, 1.54) is 7.05 Å². The number of imide groups is 1. The van der Waals surface area contributed by atoms with E-state index in [-0.39, 0.29) is 36.7 Å². The van der Waals surface area contributed by atoms with Gasteiger partial charge in [-0.15, -0.1) is 0 Å². The van der Waals surface area contributed by atoms with Crippen molar-refractivity contribution in [2.24, 2.45) is 5.92 Å². The van der Waals surface area contributed by atoms with Gasteiger partial charge in [0.05, 0.1) is 40.2 Å². The fraction of sp³-hybridized carbons (Fsp3) is 0.556. The molecule has 2 aromatic carbocycles. The number of anilines is 1. The van der Waals surface area contributed by atoms with Crippen LogP contribution in [0, 0.1) is 5.92 Å². The summed E-state index contributed by atoms with van der Waals surface area (Å²) in [4.78, 5) is 58.9. The molecule has 3 aliphatic rings. The summed E-state index contributed by atoms with van der Waals surface area (Å²) in [5, 5.41) is 10.7. The number of hydrogen-bond acceptors (Lipinski definition) is 6. The summed E-state index contributed by atoms with van der Waals surface area (Å²) in [6.07, 6.45) is 3.16. The maximum Gasteiger partial charge on any atom is 0.326 e. The van der Waals surface area contributed by atoms with Crippen molar-refractivity contribution >= 4 is 29.5 Å². The summed E-state index contributed by atoms with van der Waals surface area (Å²) in [7, 11) is 7.88. The van der Waals surface area contributed by atoms with E-state index in [2.05, 4.69) is 46.3 Å². The number of amides is 4. The van der Waals surface area contributed by atoms with Crippen LogP contribution in [0.2, 0.25) is 0 Å². The van der Waals surface area contributed by atoms with Gasteiger partial charge >= 0.3 is 12.0 Å². The van der Waals surface area contributed by atoms with Gasteiger partial charge in [0.25, 0.3) is 0 Å². The molecule has 4 amide bonds. The molecule has 47 heavy (non-hydrogen) atoms. The molecule has 0 bridgehead atoms. The van der Waals surface area contributed by atoms with Crippen LogP contribution < -0.4 is 9.64 Å². The number of urea groups is 1. The minimum absolute atomic E-state index is 0.0641. The molecule has 11 heteroatoms. The third-order valence-electron chi connectivity index (χ3n) is 9.65. The lowest BCUT2D eigenvalue weighted by Gasteiger charge is -2.34. The van der Waals surface area contributed by atoms with E-state index in [4.69, 9.17) is 4.74 Å². The highest BCUT2D eigenvalue weighted by Crippen LogP contribution is 2.41. The number of benzene rings is 2. The third-order valence-corrected chi connectivity index (χ3v) is 9.65. The summed E-state index contributed by atoms with van der Waals surface area (Å²) in [5.41, 5.74) is 3.99. The molecule has 2 fully saturated rings. The van der Waals surface area contributed by atoms with Crippen molar-refractivity contribution in [2.75, 3.05) is 72.4 Å². The molecule has 0 radical (unpaired) electrons. The van der Waals surface area contributed by atoms with Gasteiger partial charge in [-0.2, -0.15) is 0 Å². The van der Waals surface area contributed by atoms with Gasteiger partial charge in [-0.3, -0.25) is 24.2 Å². The van der Waals surface area contributed by atoms with Crippen molar-refractivity contribution in [1.82, 2.24) is 14.7 Å². The monoisotopic (exact) mass is 648 g/mol. The number of carbonyl (C=O) groups is 4. The normalized spacial score (nSPS) is 21.6. The Labute approximate surface area is 278 Å². The van der Waals surface area contributed by atoms with E-state index in [1.54, 1.807) is 4.90 Å². The molecule has 254 valence electrons. The number of quaternary nitrogens is 1. The van der Waals surface area contributed by atoms with Gasteiger partial charge in [0.2, 0.25) is 11.8 Å². The van der Waals surface area contributed by atoms with Gasteiger partial charge in [-0.05, 0) is 42.2 Å². The number of aliphatic carboxylic acids is 1. The lowest BCUT2D eigenvalue weighted by atomic mass is 9.83. The molecule has 0 aliphatic carbocycles. The summed E-state index contributed by atoms with van der Waals surface area (Å²) < 4.78 is 6.47. The van der Waals surface area contributed by atoms with E-state index in [9.17, 15) is 24.3 Å². The number of rotatable bonds is 13. The van der Waals surface area contributed by atoms with Crippen LogP contribution in [-0.2, 0) is 27.3 Å². The zero-order valence-corrected chi connectivity index (χ0v) is 28.5. The van der Waals surface area contributed by atoms with Crippen LogP contribution in [-0.4, -0.2) is 122 Å². The minimum atomic E-state index is -0.917. The van der Waals surface area contributed by atoms with Crippen molar-refractivity contribution in [3.05, 3.63) is 59.2 Å². The zero-order chi connectivity index (χ0) is 33.9. The summed E-state index contributed by atoms with van der Waals surface area (Å²) in [6, 6.07) is 13.2. The maximum atomic E-state index is 14.3. The number of likely N-dealkylation sites (tertiary alicyclic amines) is 1. The van der Waals surface area contributed by atoms with Crippen molar-refractivity contribution in [2.45, 2.75) is 57.5 Å². The first-order valence-electron chi connectivity index (χ1n) is 16.8. The number of carboxylic acids is 1. The highest BCUT2D eigenvalue weighted by atomic mass is 16.5. The second-order valence-electron chi connectivity index (χ2n) is 14.2. The van der Waals surface area contributed by atoms with E-state index in [0.29, 0.717) is 39.2 Å². The Morgan fingerprint density at radius 3 is 2.60 bits per heavy atom. The van der Waals surface area contributed by atoms with Gasteiger partial charge < -0.3 is 24.1 Å². The number of hydrogen-bond donors (Lipinski definition) is 1. The quantitative estimate of drug-likeness (QED) is 0.329. The molecule has 0 spiro atoms. The molecular formula is C36H50N5O6+. The molecule has 11 nitrogen and oxygen atoms in total. The first-order chi connectivity index (χ1) is 22.4. The van der Waals surface area contributed by atoms with Crippen LogP contribution in [0.1, 0.15) is 55.2 Å². The predicted octanol–water partition coefficient (Wildman–Crippen LogP) is 3.80. The average molecular weight is 649 g/mol. The maximum absolute atomic E-state index is 14.3. The van der Waals surface area contributed by atoms with Gasteiger partial charge in [0.15, 0.2) is 0 Å². The van der Waals surface area contributed by atoms with Gasteiger partial charge in [0, 0.05) is 69.3 Å². The first-order valence-corrected chi connectivity index (χ1v) is 16.8. The number of carbonyl (C=O) groups excluding carboxylic acids is 3. The zero-order valence-electron chi connectivity index (χ0n) is 28.5. The van der Waals surface area contributed by atoms with Crippen LogP contribution >= 0.6 is 0 Å². The van der Waals surface area contributed by atoms with Crippen LogP contribution in [0.5, 0.6) is 5.75 Å². The molecule has 3 atom stereocenters. The molecular weight excluding hydrogens is 598 g/mol. The van der Waals surface area contributed by atoms with Crippen LogP contribution in [0.15, 0.2) is 42.5 Å². The van der Waals surface area contributed by atoms with Crippen LogP contribution in [0.4, 0.5) is 10.5 Å². The SMILES string of the molecule is CCCCN(C(=O)CN1C[C@H](c2ccc3c(c2)CCO3)[C@@H](C(=O)O)[C@@H]1CCN1CCC(=O)N(C)C1=O)c1cccc(C[N+](C)(C)C)c1. The molecule has 3 aliphatic heterocycles. The molecule has 1 N–H and O–H groups in total. The largest absolute Gasteiger partial charge is 0.493 e. The Bertz CT molecular complexity index is 1490. The Kier molecular flexibility index (Phi) is 10.6. The van der Waals surface area contributed by atoms with E-state index in [0.717, 1.165) is 63.3 Å². The summed E-state index contributed by atoms with van der Waals surface area (Å²) in [5.74, 6) is -1.49. The van der Waals surface area contributed by atoms with Crippen molar-refractivity contribution in [3.63, 3.8) is 0 Å². The van der Waals surface area contributed by atoms with E-state index >= 15 is 0 Å². The van der Waals surface area contributed by atoms with Crippen molar-refractivity contribution < 1.29 is 33.5 Å². The van der Waals surface area contributed by atoms with E-state index in [1.807, 2.05) is 34.1 Å². The van der Waals surface area contributed by atoms with Crippen LogP contribution in [0.3, 0.4) is 0 Å². The highest BCUT2D eigenvalue weighted by Gasteiger charge is 2.47. The second-order valence-corrected chi connectivity index (χ2v) is 14.2. The van der Waals surface area contributed by atoms with Gasteiger partial charge in [-0.25, -0.2) is 4.79 Å². The molecule has 3 heterocycles. The average Bonchev–Trinajstić information content (AvgIpc) is 3.63. The molecule has 2 aromatic rings. The Balaban J connectivity index is 1.43. The molecule has 0 aromatic heterocycles. The Hall–Kier alpha value is -3.96. The number of ether oxygens (including phenoxy) is 1. The fourth-order valence-electron chi connectivity index (χ4n) is 7.28. The smallest absolute Gasteiger partial charge is 0.326 e. The molecule has 0 unspecified atom stereocenters. The molecule has 5 rings (SSSR count). The topological polar surface area (TPSA) is 111 Å². The lowest BCUT2D eigenvalue weighted by molar-refractivity contribution is -0.884. The van der Waals surface area contributed by atoms with E-state index < -0.39 is 17.9 Å². The van der Waals surface area contributed by atoms with Crippen molar-refractivity contribution in [1.29, 1.82) is 0 Å². The van der Waals surface area contributed by atoms with Crippen LogP contribution in [0.25, 0.3) is 0 Å². The van der Waals surface area contributed by atoms with Crippen molar-refractivity contribution in [3.8, 4) is 5.75 Å². The fourth-order valence-corrected chi connectivity index (χ4v) is 7.28. The number of carboxylic acid groups (broad SMARTS) is 1. The predicted molar refractivity (Wildman–Crippen MR) is 179 cm³/mol. The minimum Gasteiger partial charge on any atom is -0.493 e. The first kappa shape index (κ1) is 34.4. The number of nitrogens with zero attached hydrogens (tertiary/aromatic N) is 5.